The SMILES string of the molecule is CC(CCCCC(=O)O)c1ccc(S(=O)(=O)O)cc1. The molecule has 1 atom stereocenters. The van der Waals surface area contributed by atoms with Gasteiger partial charge in [0.2, 0.25) is 0 Å². The van der Waals surface area contributed by atoms with Gasteiger partial charge in [0.1, 0.15) is 0 Å². The highest BCUT2D eigenvalue weighted by Crippen LogP contribution is 2.23. The summed E-state index contributed by atoms with van der Waals surface area (Å²) in [4.78, 5) is 10.2. The first-order chi connectivity index (χ1) is 8.80. The van der Waals surface area contributed by atoms with Crippen LogP contribution >= 0.6 is 0 Å². The Balaban J connectivity index is 2.54. The van der Waals surface area contributed by atoms with Gasteiger partial charge in [0, 0.05) is 6.42 Å². The van der Waals surface area contributed by atoms with E-state index in [0.29, 0.717) is 6.42 Å². The zero-order valence-corrected chi connectivity index (χ0v) is 11.6. The van der Waals surface area contributed by atoms with Gasteiger partial charge in [-0.25, -0.2) is 0 Å². The van der Waals surface area contributed by atoms with Crippen molar-refractivity contribution in [1.29, 1.82) is 0 Å². The van der Waals surface area contributed by atoms with Gasteiger partial charge < -0.3 is 5.11 Å². The van der Waals surface area contributed by atoms with Gasteiger partial charge in [-0.2, -0.15) is 8.42 Å². The molecular formula is C13H18O5S. The van der Waals surface area contributed by atoms with Gasteiger partial charge in [-0.15, -0.1) is 0 Å². The van der Waals surface area contributed by atoms with Crippen LogP contribution in [-0.2, 0) is 14.9 Å². The van der Waals surface area contributed by atoms with Crippen molar-refractivity contribution in [2.75, 3.05) is 0 Å². The lowest BCUT2D eigenvalue weighted by atomic mass is 9.95. The minimum atomic E-state index is -4.14. The molecular weight excluding hydrogens is 268 g/mol. The van der Waals surface area contributed by atoms with Crippen LogP contribution < -0.4 is 0 Å². The van der Waals surface area contributed by atoms with Crippen LogP contribution in [0.4, 0.5) is 0 Å². The van der Waals surface area contributed by atoms with Gasteiger partial charge in [0.15, 0.2) is 0 Å². The molecule has 0 aromatic heterocycles. The Bertz CT molecular complexity index is 518. The predicted molar refractivity (Wildman–Crippen MR) is 70.8 cm³/mol. The summed E-state index contributed by atoms with van der Waals surface area (Å²) >= 11 is 0. The number of carbonyl (C=O) groups is 1. The molecule has 1 aromatic carbocycles. The largest absolute Gasteiger partial charge is 0.481 e. The standard InChI is InChI=1S/C13H18O5S/c1-10(4-2-3-5-13(14)15)11-6-8-12(9-7-11)19(16,17)18/h6-10H,2-5H2,1H3,(H,14,15)(H,16,17,18). The molecule has 6 heteroatoms. The molecule has 0 radical (unpaired) electrons. The quantitative estimate of drug-likeness (QED) is 0.594. The van der Waals surface area contributed by atoms with E-state index in [1.807, 2.05) is 6.92 Å². The summed E-state index contributed by atoms with van der Waals surface area (Å²) in [6, 6.07) is 6.09. The number of rotatable bonds is 7. The van der Waals surface area contributed by atoms with Crippen molar-refractivity contribution in [3.05, 3.63) is 29.8 Å². The summed E-state index contributed by atoms with van der Waals surface area (Å²) in [5, 5.41) is 8.52. The molecule has 0 saturated heterocycles. The average molecular weight is 286 g/mol. The van der Waals surface area contributed by atoms with E-state index in [1.54, 1.807) is 12.1 Å². The van der Waals surface area contributed by atoms with Crippen LogP contribution in [0.25, 0.3) is 0 Å². The van der Waals surface area contributed by atoms with Crippen LogP contribution in [0.15, 0.2) is 29.2 Å². The van der Waals surface area contributed by atoms with E-state index in [2.05, 4.69) is 0 Å². The summed E-state index contributed by atoms with van der Waals surface area (Å²) in [5.74, 6) is -0.561. The van der Waals surface area contributed by atoms with E-state index >= 15 is 0 Å². The van der Waals surface area contributed by atoms with Gasteiger partial charge in [-0.05, 0) is 36.5 Å². The van der Waals surface area contributed by atoms with Crippen molar-refractivity contribution in [3.63, 3.8) is 0 Å². The van der Waals surface area contributed by atoms with E-state index in [0.717, 1.165) is 18.4 Å². The molecule has 1 aromatic rings. The Morgan fingerprint density at radius 1 is 1.21 bits per heavy atom. The first kappa shape index (κ1) is 15.7. The number of benzene rings is 1. The second-order valence-electron chi connectivity index (χ2n) is 4.58. The van der Waals surface area contributed by atoms with E-state index in [9.17, 15) is 13.2 Å². The summed E-state index contributed by atoms with van der Waals surface area (Å²) in [6.07, 6.45) is 2.48. The monoisotopic (exact) mass is 286 g/mol. The van der Waals surface area contributed by atoms with Crippen molar-refractivity contribution < 1.29 is 22.9 Å². The maximum Gasteiger partial charge on any atom is 0.303 e. The molecule has 1 rings (SSSR count). The van der Waals surface area contributed by atoms with E-state index < -0.39 is 16.1 Å². The van der Waals surface area contributed by atoms with Crippen molar-refractivity contribution in [3.8, 4) is 0 Å². The molecule has 0 aliphatic carbocycles. The van der Waals surface area contributed by atoms with Crippen LogP contribution in [0.2, 0.25) is 0 Å². The van der Waals surface area contributed by atoms with Crippen molar-refractivity contribution in [2.24, 2.45) is 0 Å². The number of aliphatic carboxylic acids is 1. The fourth-order valence-electron chi connectivity index (χ4n) is 1.86. The molecule has 2 N–H and O–H groups in total. The second kappa shape index (κ2) is 6.68. The lowest BCUT2D eigenvalue weighted by Gasteiger charge is -2.11. The Morgan fingerprint density at radius 3 is 2.26 bits per heavy atom. The molecule has 1 unspecified atom stereocenters. The third kappa shape index (κ3) is 5.40. The van der Waals surface area contributed by atoms with Crippen LogP contribution in [0.1, 0.15) is 44.1 Å². The molecule has 106 valence electrons. The minimum absolute atomic E-state index is 0.116. The number of carboxylic acids is 1. The summed E-state index contributed by atoms with van der Waals surface area (Å²) in [6.45, 7) is 2.00. The topological polar surface area (TPSA) is 91.7 Å². The van der Waals surface area contributed by atoms with Gasteiger partial charge in [-0.3, -0.25) is 9.35 Å². The van der Waals surface area contributed by atoms with Gasteiger partial charge in [0.05, 0.1) is 4.90 Å². The molecule has 0 spiro atoms. The maximum atomic E-state index is 10.9. The summed E-state index contributed by atoms with van der Waals surface area (Å²) in [5.41, 5.74) is 0.975. The third-order valence-electron chi connectivity index (χ3n) is 3.02. The Kier molecular flexibility index (Phi) is 5.50. The summed E-state index contributed by atoms with van der Waals surface area (Å²) < 4.78 is 30.6. The second-order valence-corrected chi connectivity index (χ2v) is 6.01. The van der Waals surface area contributed by atoms with Crippen molar-refractivity contribution >= 4 is 16.1 Å². The maximum absolute atomic E-state index is 10.9. The highest BCUT2D eigenvalue weighted by atomic mass is 32.2. The summed E-state index contributed by atoms with van der Waals surface area (Å²) in [7, 11) is -4.14. The Morgan fingerprint density at radius 2 is 1.79 bits per heavy atom. The zero-order valence-electron chi connectivity index (χ0n) is 10.7. The van der Waals surface area contributed by atoms with Crippen LogP contribution in [0.3, 0.4) is 0 Å². The lowest BCUT2D eigenvalue weighted by molar-refractivity contribution is -0.137. The molecule has 0 aliphatic rings. The Labute approximate surface area is 113 Å². The molecule has 0 saturated carbocycles. The number of unbranched alkanes of at least 4 members (excludes halogenated alkanes) is 1. The average Bonchev–Trinajstić information content (AvgIpc) is 2.33. The minimum Gasteiger partial charge on any atom is -0.481 e. The molecule has 0 fully saturated rings. The molecule has 0 amide bonds. The molecule has 0 bridgehead atoms. The van der Waals surface area contributed by atoms with E-state index in [4.69, 9.17) is 9.66 Å². The Hall–Kier alpha value is -1.40. The molecule has 5 nitrogen and oxygen atoms in total. The highest BCUT2D eigenvalue weighted by Gasteiger charge is 2.11. The lowest BCUT2D eigenvalue weighted by Crippen LogP contribution is -2.00. The first-order valence-corrected chi connectivity index (χ1v) is 7.54. The first-order valence-electron chi connectivity index (χ1n) is 6.10. The van der Waals surface area contributed by atoms with E-state index in [1.165, 1.54) is 12.1 Å². The fourth-order valence-corrected chi connectivity index (χ4v) is 2.34. The molecule has 19 heavy (non-hydrogen) atoms. The predicted octanol–water partition coefficient (Wildman–Crippen LogP) is 2.68. The normalized spacial score (nSPS) is 13.2. The number of hydrogen-bond acceptors (Lipinski definition) is 3. The van der Waals surface area contributed by atoms with Gasteiger partial charge in [-0.1, -0.05) is 25.5 Å². The van der Waals surface area contributed by atoms with Crippen molar-refractivity contribution in [2.45, 2.75) is 43.4 Å². The fraction of sp³-hybridized carbons (Fsp3) is 0.462. The molecule has 0 heterocycles. The third-order valence-corrected chi connectivity index (χ3v) is 3.89. The van der Waals surface area contributed by atoms with E-state index in [-0.39, 0.29) is 17.2 Å². The zero-order chi connectivity index (χ0) is 14.5. The number of carboxylic acid groups (broad SMARTS) is 1. The van der Waals surface area contributed by atoms with Gasteiger partial charge >= 0.3 is 5.97 Å². The van der Waals surface area contributed by atoms with Crippen LogP contribution in [-0.4, -0.2) is 24.0 Å². The molecule has 0 aliphatic heterocycles. The number of hydrogen-bond donors (Lipinski definition) is 2. The smallest absolute Gasteiger partial charge is 0.303 e. The highest BCUT2D eigenvalue weighted by molar-refractivity contribution is 7.85. The van der Waals surface area contributed by atoms with Gasteiger partial charge in [0.25, 0.3) is 10.1 Å². The van der Waals surface area contributed by atoms with Crippen LogP contribution in [0, 0.1) is 0 Å². The van der Waals surface area contributed by atoms with Crippen LogP contribution in [0.5, 0.6) is 0 Å². The van der Waals surface area contributed by atoms with Crippen molar-refractivity contribution in [1.82, 2.24) is 0 Å².